The lowest BCUT2D eigenvalue weighted by molar-refractivity contribution is -0.142. The van der Waals surface area contributed by atoms with E-state index in [1.165, 1.54) is 28.6 Å². The average molecular weight is 435 g/mol. The first-order chi connectivity index (χ1) is 13.2. The Balaban J connectivity index is 2.25. The van der Waals surface area contributed by atoms with Crippen molar-refractivity contribution in [2.75, 3.05) is 19.6 Å². The number of halogens is 3. The minimum atomic E-state index is -4.52. The smallest absolute Gasteiger partial charge is 0.329 e. The van der Waals surface area contributed by atoms with E-state index in [-0.39, 0.29) is 23.0 Å². The molecule has 0 radical (unpaired) electrons. The van der Waals surface area contributed by atoms with Crippen LogP contribution in [0.15, 0.2) is 29.2 Å². The van der Waals surface area contributed by atoms with Crippen LogP contribution in [0.2, 0.25) is 0 Å². The van der Waals surface area contributed by atoms with Gasteiger partial charge in [-0.3, -0.25) is 4.79 Å². The summed E-state index contributed by atoms with van der Waals surface area (Å²) >= 11 is 0. The molecule has 164 valence electrons. The van der Waals surface area contributed by atoms with Crippen LogP contribution in [0.25, 0.3) is 0 Å². The molecule has 0 aliphatic carbocycles. The number of alkyl halides is 3. The molecule has 1 aliphatic rings. The molecular weight excluding hydrogens is 405 g/mol. The second kappa shape index (κ2) is 8.63. The van der Waals surface area contributed by atoms with Crippen molar-refractivity contribution < 1.29 is 26.4 Å². The number of carbonyl (C=O) groups excluding carboxylic acids is 1. The number of amides is 1. The Bertz CT molecular complexity index is 799. The number of benzene rings is 1. The van der Waals surface area contributed by atoms with Gasteiger partial charge in [0.1, 0.15) is 6.54 Å². The van der Waals surface area contributed by atoms with E-state index in [0.29, 0.717) is 6.54 Å². The molecule has 9 heteroatoms. The third-order valence-corrected chi connectivity index (χ3v) is 6.80. The van der Waals surface area contributed by atoms with Crippen LogP contribution in [0.4, 0.5) is 13.2 Å². The van der Waals surface area contributed by atoms with Gasteiger partial charge in [0.2, 0.25) is 10.0 Å². The molecule has 1 aromatic carbocycles. The number of carbonyl (C=O) groups is 1. The van der Waals surface area contributed by atoms with Crippen LogP contribution in [-0.4, -0.2) is 55.4 Å². The van der Waals surface area contributed by atoms with Crippen LogP contribution in [0, 0.1) is 5.41 Å². The van der Waals surface area contributed by atoms with E-state index in [2.05, 4.69) is 0 Å². The van der Waals surface area contributed by atoms with Crippen LogP contribution in [0.5, 0.6) is 0 Å². The van der Waals surface area contributed by atoms with Gasteiger partial charge >= 0.3 is 6.18 Å². The molecule has 1 saturated heterocycles. The van der Waals surface area contributed by atoms with Crippen molar-refractivity contribution in [3.8, 4) is 0 Å². The lowest BCUT2D eigenvalue weighted by Crippen LogP contribution is -2.43. The maximum atomic E-state index is 12.9. The summed E-state index contributed by atoms with van der Waals surface area (Å²) in [5.74, 6) is -0.771. The molecule has 1 unspecified atom stereocenters. The summed E-state index contributed by atoms with van der Waals surface area (Å²) in [4.78, 5) is 13.5. The van der Waals surface area contributed by atoms with Gasteiger partial charge in [-0.2, -0.15) is 17.5 Å². The monoisotopic (exact) mass is 434 g/mol. The molecule has 1 atom stereocenters. The third kappa shape index (κ3) is 6.44. The fourth-order valence-electron chi connectivity index (χ4n) is 3.50. The van der Waals surface area contributed by atoms with E-state index in [9.17, 15) is 26.4 Å². The molecule has 29 heavy (non-hydrogen) atoms. The van der Waals surface area contributed by atoms with Crippen molar-refractivity contribution in [1.29, 1.82) is 0 Å². The molecular formula is C20H29F3N2O3S. The minimum absolute atomic E-state index is 0.0316. The van der Waals surface area contributed by atoms with Crippen LogP contribution >= 0.6 is 0 Å². The number of nitrogens with zero attached hydrogens (tertiary/aromatic N) is 2. The summed E-state index contributed by atoms with van der Waals surface area (Å²) < 4.78 is 66.0. The van der Waals surface area contributed by atoms with Crippen LogP contribution in [-0.2, 0) is 10.0 Å². The van der Waals surface area contributed by atoms with E-state index < -0.39 is 34.1 Å². The van der Waals surface area contributed by atoms with Crippen molar-refractivity contribution in [3.63, 3.8) is 0 Å². The molecule has 0 saturated carbocycles. The fraction of sp³-hybridized carbons (Fsp3) is 0.650. The van der Waals surface area contributed by atoms with Crippen molar-refractivity contribution in [1.82, 2.24) is 9.21 Å². The molecule has 0 N–H and O–H groups in total. The van der Waals surface area contributed by atoms with Gasteiger partial charge in [0, 0.05) is 24.7 Å². The summed E-state index contributed by atoms with van der Waals surface area (Å²) in [6.45, 7) is 6.12. The highest BCUT2D eigenvalue weighted by molar-refractivity contribution is 7.89. The van der Waals surface area contributed by atoms with Gasteiger partial charge in [0.25, 0.3) is 5.91 Å². The first-order valence-electron chi connectivity index (χ1n) is 9.69. The van der Waals surface area contributed by atoms with E-state index in [4.69, 9.17) is 0 Å². The van der Waals surface area contributed by atoms with Gasteiger partial charge in [0.15, 0.2) is 0 Å². The Morgan fingerprint density at radius 3 is 2.17 bits per heavy atom. The second-order valence-electron chi connectivity index (χ2n) is 8.82. The molecule has 1 aromatic rings. The maximum Gasteiger partial charge on any atom is 0.406 e. The Hall–Kier alpha value is -1.61. The van der Waals surface area contributed by atoms with Gasteiger partial charge in [0.05, 0.1) is 4.90 Å². The van der Waals surface area contributed by atoms with E-state index >= 15 is 0 Å². The summed E-state index contributed by atoms with van der Waals surface area (Å²) in [6.07, 6.45) is -1.97. The molecule has 0 spiro atoms. The Morgan fingerprint density at radius 1 is 1.10 bits per heavy atom. The van der Waals surface area contributed by atoms with Crippen LogP contribution in [0.1, 0.15) is 57.3 Å². The number of hydrogen-bond donors (Lipinski definition) is 0. The lowest BCUT2D eigenvalue weighted by atomic mass is 9.95. The highest BCUT2D eigenvalue weighted by Gasteiger charge is 2.35. The van der Waals surface area contributed by atoms with Gasteiger partial charge in [-0.25, -0.2) is 8.42 Å². The van der Waals surface area contributed by atoms with E-state index in [1.54, 1.807) is 20.8 Å². The fourth-order valence-corrected chi connectivity index (χ4v) is 5.20. The van der Waals surface area contributed by atoms with Crippen molar-refractivity contribution in [2.24, 2.45) is 5.41 Å². The third-order valence-electron chi connectivity index (χ3n) is 4.77. The summed E-state index contributed by atoms with van der Waals surface area (Å²) in [6, 6.07) is 5.06. The lowest BCUT2D eigenvalue weighted by Gasteiger charge is -2.32. The molecule has 1 fully saturated rings. The van der Waals surface area contributed by atoms with Gasteiger partial charge < -0.3 is 4.90 Å². The largest absolute Gasteiger partial charge is 0.406 e. The van der Waals surface area contributed by atoms with Gasteiger partial charge in [-0.15, -0.1) is 0 Å². The number of rotatable bonds is 5. The van der Waals surface area contributed by atoms with Crippen LogP contribution < -0.4 is 0 Å². The maximum absolute atomic E-state index is 12.9. The predicted molar refractivity (Wildman–Crippen MR) is 105 cm³/mol. The standard InChI is InChI=1S/C20H29F3N2O3S/c1-15-7-5-6-12-25(15)29(27,28)17-10-8-16(9-11-17)18(26)24(13-19(2,3)4)14-20(21,22)23/h8-11,15H,5-7,12-14H2,1-4H3. The van der Waals surface area contributed by atoms with E-state index in [0.717, 1.165) is 24.2 Å². The average Bonchev–Trinajstić information content (AvgIpc) is 2.58. The van der Waals surface area contributed by atoms with E-state index in [1.807, 2.05) is 6.92 Å². The highest BCUT2D eigenvalue weighted by atomic mass is 32.2. The normalized spacial score (nSPS) is 19.2. The second-order valence-corrected chi connectivity index (χ2v) is 10.7. The summed E-state index contributed by atoms with van der Waals surface area (Å²) in [5, 5.41) is 0. The summed E-state index contributed by atoms with van der Waals surface area (Å²) in [7, 11) is -3.70. The van der Waals surface area contributed by atoms with Crippen LogP contribution in [0.3, 0.4) is 0 Å². The topological polar surface area (TPSA) is 57.7 Å². The molecule has 1 amide bonds. The Kier molecular flexibility index (Phi) is 7.05. The molecule has 2 rings (SSSR count). The first kappa shape index (κ1) is 23.7. The zero-order valence-electron chi connectivity index (χ0n) is 17.3. The zero-order valence-corrected chi connectivity index (χ0v) is 18.1. The Labute approximate surface area is 170 Å². The van der Waals surface area contributed by atoms with Gasteiger partial charge in [-0.05, 0) is 49.4 Å². The summed E-state index contributed by atoms with van der Waals surface area (Å²) in [5.41, 5.74) is -0.488. The van der Waals surface area contributed by atoms with Crippen molar-refractivity contribution in [2.45, 2.75) is 64.1 Å². The SMILES string of the molecule is CC1CCCCN1S(=O)(=O)c1ccc(C(=O)N(CC(C)(C)C)CC(F)(F)F)cc1. The predicted octanol–water partition coefficient (Wildman–Crippen LogP) is 4.30. The number of sulfonamides is 1. The molecule has 5 nitrogen and oxygen atoms in total. The highest BCUT2D eigenvalue weighted by Crippen LogP contribution is 2.26. The quantitative estimate of drug-likeness (QED) is 0.694. The molecule has 1 heterocycles. The first-order valence-corrected chi connectivity index (χ1v) is 11.1. The Morgan fingerprint density at radius 2 is 1.69 bits per heavy atom. The number of piperidine rings is 1. The van der Waals surface area contributed by atoms with Gasteiger partial charge in [-0.1, -0.05) is 27.2 Å². The van der Waals surface area contributed by atoms with Crippen molar-refractivity contribution in [3.05, 3.63) is 29.8 Å². The minimum Gasteiger partial charge on any atom is -0.329 e. The molecule has 0 aromatic heterocycles. The zero-order chi connectivity index (χ0) is 22.0. The number of hydrogen-bond acceptors (Lipinski definition) is 3. The molecule has 0 bridgehead atoms. The molecule has 1 aliphatic heterocycles. The van der Waals surface area contributed by atoms with Crippen molar-refractivity contribution >= 4 is 15.9 Å².